The van der Waals surface area contributed by atoms with Crippen LogP contribution in [-0.4, -0.2) is 10.0 Å². The van der Waals surface area contributed by atoms with E-state index in [1.165, 1.54) is 6.07 Å². The number of aryl methyl sites for hydroxylation is 2. The average molecular weight is 319 g/mol. The van der Waals surface area contributed by atoms with E-state index in [9.17, 15) is 14.5 Å². The van der Waals surface area contributed by atoms with Crippen LogP contribution >= 0.6 is 12.2 Å². The van der Waals surface area contributed by atoms with Crippen molar-refractivity contribution < 1.29 is 9.31 Å². The molecular weight excluding hydrogens is 305 g/mol. The highest BCUT2D eigenvalue weighted by molar-refractivity contribution is 7.80. The molecule has 114 valence electrons. The van der Waals surface area contributed by atoms with E-state index in [1.807, 2.05) is 32.0 Å². The molecular formula is C15H14FN3O2S. The Hall–Kier alpha value is -2.54. The number of nitro benzene ring substituents is 1. The molecule has 0 aliphatic rings. The van der Waals surface area contributed by atoms with E-state index in [-0.39, 0.29) is 5.11 Å². The lowest BCUT2D eigenvalue weighted by Gasteiger charge is -2.13. The quantitative estimate of drug-likeness (QED) is 0.505. The molecule has 7 heteroatoms. The van der Waals surface area contributed by atoms with Crippen molar-refractivity contribution in [3.8, 4) is 0 Å². The summed E-state index contributed by atoms with van der Waals surface area (Å²) in [7, 11) is 0. The maximum Gasteiger partial charge on any atom is 0.306 e. The van der Waals surface area contributed by atoms with E-state index in [0.29, 0.717) is 5.69 Å². The van der Waals surface area contributed by atoms with Gasteiger partial charge in [0.05, 0.1) is 4.92 Å². The molecule has 0 atom stereocenters. The lowest BCUT2D eigenvalue weighted by atomic mass is 10.1. The summed E-state index contributed by atoms with van der Waals surface area (Å²) in [5.74, 6) is -0.885. The van der Waals surface area contributed by atoms with Gasteiger partial charge in [0.2, 0.25) is 5.82 Å². The molecule has 2 aromatic carbocycles. The van der Waals surface area contributed by atoms with E-state index in [4.69, 9.17) is 12.2 Å². The number of thiocarbonyl (C=S) groups is 1. The third kappa shape index (κ3) is 3.76. The summed E-state index contributed by atoms with van der Waals surface area (Å²) < 4.78 is 13.3. The maximum atomic E-state index is 13.3. The largest absolute Gasteiger partial charge is 0.332 e. The van der Waals surface area contributed by atoms with Crippen LogP contribution in [0, 0.1) is 29.8 Å². The van der Waals surface area contributed by atoms with Crippen LogP contribution in [0.5, 0.6) is 0 Å². The van der Waals surface area contributed by atoms with Crippen molar-refractivity contribution in [2.45, 2.75) is 13.8 Å². The first kappa shape index (κ1) is 15.8. The Kier molecular flexibility index (Phi) is 4.67. The molecule has 2 N–H and O–H groups in total. The van der Waals surface area contributed by atoms with Crippen LogP contribution in [0.2, 0.25) is 0 Å². The molecule has 0 aromatic heterocycles. The fourth-order valence-electron chi connectivity index (χ4n) is 1.97. The van der Waals surface area contributed by atoms with Gasteiger partial charge in [-0.1, -0.05) is 17.7 Å². The summed E-state index contributed by atoms with van der Waals surface area (Å²) >= 11 is 5.17. The van der Waals surface area contributed by atoms with Crippen LogP contribution in [0.4, 0.5) is 21.5 Å². The van der Waals surface area contributed by atoms with Crippen molar-refractivity contribution in [2.75, 3.05) is 10.6 Å². The first-order chi connectivity index (χ1) is 10.4. The second-order valence-electron chi connectivity index (χ2n) is 4.82. The number of nitro groups is 1. The number of hydrogen-bond acceptors (Lipinski definition) is 3. The Morgan fingerprint density at radius 3 is 2.55 bits per heavy atom. The number of hydrogen-bond donors (Lipinski definition) is 2. The first-order valence-corrected chi connectivity index (χ1v) is 6.87. The van der Waals surface area contributed by atoms with Crippen molar-refractivity contribution in [2.24, 2.45) is 0 Å². The van der Waals surface area contributed by atoms with Gasteiger partial charge in [-0.05, 0) is 49.8 Å². The monoisotopic (exact) mass is 319 g/mol. The van der Waals surface area contributed by atoms with Crippen LogP contribution in [0.1, 0.15) is 11.1 Å². The second-order valence-corrected chi connectivity index (χ2v) is 5.23. The van der Waals surface area contributed by atoms with Gasteiger partial charge in [0, 0.05) is 17.4 Å². The molecule has 0 heterocycles. The summed E-state index contributed by atoms with van der Waals surface area (Å²) in [6, 6.07) is 9.37. The lowest BCUT2D eigenvalue weighted by molar-refractivity contribution is -0.387. The summed E-state index contributed by atoms with van der Waals surface area (Å²) in [6.45, 7) is 3.94. The molecule has 0 saturated heterocycles. The summed E-state index contributed by atoms with van der Waals surface area (Å²) in [4.78, 5) is 9.94. The second kappa shape index (κ2) is 6.48. The zero-order valence-electron chi connectivity index (χ0n) is 12.0. The first-order valence-electron chi connectivity index (χ1n) is 6.46. The van der Waals surface area contributed by atoms with Gasteiger partial charge in [0.1, 0.15) is 0 Å². The highest BCUT2D eigenvalue weighted by atomic mass is 32.1. The van der Waals surface area contributed by atoms with Gasteiger partial charge in [-0.25, -0.2) is 0 Å². The molecule has 0 amide bonds. The standard InChI is InChI=1S/C15H14FN3O2S/c1-9-3-6-13(10(2)7-9)18-15(22)17-11-4-5-12(16)14(8-11)19(20)21/h3-8H,1-2H3,(H2,17,18,22). The smallest absolute Gasteiger partial charge is 0.306 e. The minimum Gasteiger partial charge on any atom is -0.332 e. The molecule has 2 rings (SSSR count). The minimum atomic E-state index is -0.885. The third-order valence-electron chi connectivity index (χ3n) is 3.03. The van der Waals surface area contributed by atoms with E-state index in [0.717, 1.165) is 28.9 Å². The highest BCUT2D eigenvalue weighted by Crippen LogP contribution is 2.22. The molecule has 0 radical (unpaired) electrons. The molecule has 0 spiro atoms. The van der Waals surface area contributed by atoms with Gasteiger partial charge >= 0.3 is 5.69 Å². The number of halogens is 1. The Balaban J connectivity index is 2.12. The molecule has 5 nitrogen and oxygen atoms in total. The molecule has 0 unspecified atom stereocenters. The third-order valence-corrected chi connectivity index (χ3v) is 3.23. The molecule has 22 heavy (non-hydrogen) atoms. The van der Waals surface area contributed by atoms with Crippen molar-refractivity contribution in [1.29, 1.82) is 0 Å². The average Bonchev–Trinajstić information content (AvgIpc) is 2.44. The minimum absolute atomic E-state index is 0.271. The number of nitrogens with one attached hydrogen (secondary N) is 2. The number of rotatable bonds is 3. The zero-order valence-corrected chi connectivity index (χ0v) is 12.8. The van der Waals surface area contributed by atoms with Gasteiger partial charge in [-0.2, -0.15) is 4.39 Å². The fraction of sp³-hybridized carbons (Fsp3) is 0.133. The molecule has 0 fully saturated rings. The molecule has 0 aliphatic carbocycles. The normalized spacial score (nSPS) is 10.1. The van der Waals surface area contributed by atoms with E-state index < -0.39 is 16.4 Å². The van der Waals surface area contributed by atoms with Gasteiger partial charge in [-0.15, -0.1) is 0 Å². The number of anilines is 2. The Bertz CT molecular complexity index is 750. The lowest BCUT2D eigenvalue weighted by Crippen LogP contribution is -2.19. The van der Waals surface area contributed by atoms with E-state index in [2.05, 4.69) is 10.6 Å². The summed E-state index contributed by atoms with van der Waals surface area (Å²) in [6.07, 6.45) is 0. The number of nitrogens with zero attached hydrogens (tertiary/aromatic N) is 1. The zero-order chi connectivity index (χ0) is 16.3. The molecule has 2 aromatic rings. The Morgan fingerprint density at radius 2 is 1.91 bits per heavy atom. The van der Waals surface area contributed by atoms with Gasteiger partial charge in [0.15, 0.2) is 5.11 Å². The summed E-state index contributed by atoms with van der Waals surface area (Å²) in [5, 5.41) is 16.8. The Morgan fingerprint density at radius 1 is 1.18 bits per heavy atom. The fourth-order valence-corrected chi connectivity index (χ4v) is 2.20. The predicted molar refractivity (Wildman–Crippen MR) is 88.8 cm³/mol. The highest BCUT2D eigenvalue weighted by Gasteiger charge is 2.14. The van der Waals surface area contributed by atoms with Crippen LogP contribution in [0.25, 0.3) is 0 Å². The molecule has 0 saturated carbocycles. The van der Waals surface area contributed by atoms with Crippen molar-refractivity contribution >= 4 is 34.4 Å². The predicted octanol–water partition coefficient (Wildman–Crippen LogP) is 4.16. The summed E-state index contributed by atoms with van der Waals surface area (Å²) in [5.41, 5.74) is 2.74. The van der Waals surface area contributed by atoms with Gasteiger partial charge in [-0.3, -0.25) is 10.1 Å². The van der Waals surface area contributed by atoms with Crippen LogP contribution in [-0.2, 0) is 0 Å². The van der Waals surface area contributed by atoms with Crippen LogP contribution in [0.3, 0.4) is 0 Å². The van der Waals surface area contributed by atoms with Crippen molar-refractivity contribution in [3.05, 3.63) is 63.5 Å². The van der Waals surface area contributed by atoms with Crippen LogP contribution in [0.15, 0.2) is 36.4 Å². The van der Waals surface area contributed by atoms with E-state index >= 15 is 0 Å². The maximum absolute atomic E-state index is 13.3. The molecule has 0 bridgehead atoms. The number of benzene rings is 2. The SMILES string of the molecule is Cc1ccc(NC(=S)Nc2ccc(F)c([N+](=O)[O-])c2)c(C)c1. The topological polar surface area (TPSA) is 67.2 Å². The van der Waals surface area contributed by atoms with Crippen molar-refractivity contribution in [1.82, 2.24) is 0 Å². The Labute approximate surface area is 132 Å². The van der Waals surface area contributed by atoms with Gasteiger partial charge < -0.3 is 10.6 Å². The van der Waals surface area contributed by atoms with Crippen molar-refractivity contribution in [3.63, 3.8) is 0 Å². The van der Waals surface area contributed by atoms with Crippen LogP contribution < -0.4 is 10.6 Å². The van der Waals surface area contributed by atoms with E-state index in [1.54, 1.807) is 0 Å². The van der Waals surface area contributed by atoms with Gasteiger partial charge in [0.25, 0.3) is 0 Å². The molecule has 0 aliphatic heterocycles.